The van der Waals surface area contributed by atoms with Gasteiger partial charge in [-0.15, -0.1) is 0 Å². The molecule has 1 aromatic heterocycles. The number of carbonyl (C=O) groups is 1. The van der Waals surface area contributed by atoms with E-state index in [9.17, 15) is 4.79 Å². The molecule has 2 aromatic rings. The minimum atomic E-state index is -0.401. The lowest BCUT2D eigenvalue weighted by Crippen LogP contribution is -2.25. The van der Waals surface area contributed by atoms with E-state index in [0.717, 1.165) is 0 Å². The molecule has 1 amide bonds. The molecule has 1 heterocycles. The highest BCUT2D eigenvalue weighted by Gasteiger charge is 2.05. The van der Waals surface area contributed by atoms with Crippen LogP contribution in [0.3, 0.4) is 0 Å². The molecule has 0 saturated heterocycles. The molecular formula is C16H14Cl2N2O3. The normalized spacial score (nSPS) is 11.7. The molecule has 0 unspecified atom stereocenters. The Morgan fingerprint density at radius 3 is 2.91 bits per heavy atom. The number of nitrogens with zero attached hydrogens (tertiary/aromatic N) is 1. The molecule has 0 fully saturated rings. The number of furan rings is 1. The average molecular weight is 353 g/mol. The molecule has 0 atom stereocenters. The molecule has 0 radical (unpaired) electrons. The first-order chi connectivity index (χ1) is 11.0. The van der Waals surface area contributed by atoms with E-state index in [1.54, 1.807) is 43.5 Å². The maximum absolute atomic E-state index is 11.7. The summed E-state index contributed by atoms with van der Waals surface area (Å²) in [5, 5.41) is 4.76. The number of ether oxygens (including phenoxy) is 1. The third kappa shape index (κ3) is 5.81. The molecule has 23 heavy (non-hydrogen) atoms. The van der Waals surface area contributed by atoms with Crippen LogP contribution in [-0.2, 0) is 4.79 Å². The Bertz CT molecular complexity index is 725. The molecule has 2 rings (SSSR count). The first-order valence-electron chi connectivity index (χ1n) is 6.67. The van der Waals surface area contributed by atoms with Crippen LogP contribution in [0.25, 0.3) is 6.08 Å². The van der Waals surface area contributed by atoms with E-state index < -0.39 is 5.91 Å². The number of rotatable bonds is 6. The van der Waals surface area contributed by atoms with Crippen molar-refractivity contribution in [3.05, 3.63) is 58.5 Å². The van der Waals surface area contributed by atoms with Crippen molar-refractivity contribution in [1.82, 2.24) is 5.43 Å². The molecule has 0 bridgehead atoms. The molecule has 0 spiro atoms. The summed E-state index contributed by atoms with van der Waals surface area (Å²) in [7, 11) is 0. The predicted molar refractivity (Wildman–Crippen MR) is 91.0 cm³/mol. The lowest BCUT2D eigenvalue weighted by Gasteiger charge is -2.07. The van der Waals surface area contributed by atoms with Crippen LogP contribution in [0.4, 0.5) is 0 Å². The Hall–Kier alpha value is -2.24. The lowest BCUT2D eigenvalue weighted by atomic mass is 10.3. The summed E-state index contributed by atoms with van der Waals surface area (Å²) in [6.45, 7) is 1.54. The van der Waals surface area contributed by atoms with Gasteiger partial charge in [-0.25, -0.2) is 5.43 Å². The molecule has 7 heteroatoms. The first-order valence-corrected chi connectivity index (χ1v) is 7.43. The van der Waals surface area contributed by atoms with Gasteiger partial charge in [0.1, 0.15) is 11.5 Å². The van der Waals surface area contributed by atoms with Crippen molar-refractivity contribution < 1.29 is 13.9 Å². The quantitative estimate of drug-likeness (QED) is 0.626. The van der Waals surface area contributed by atoms with Crippen LogP contribution in [0.2, 0.25) is 10.0 Å². The summed E-state index contributed by atoms with van der Waals surface area (Å²) in [4.78, 5) is 11.7. The summed E-state index contributed by atoms with van der Waals surface area (Å²) >= 11 is 11.7. The van der Waals surface area contributed by atoms with Crippen LogP contribution < -0.4 is 10.2 Å². The Morgan fingerprint density at radius 1 is 1.39 bits per heavy atom. The molecule has 0 aliphatic rings. The van der Waals surface area contributed by atoms with Crippen LogP contribution in [0.5, 0.6) is 5.75 Å². The van der Waals surface area contributed by atoms with Gasteiger partial charge in [0, 0.05) is 5.02 Å². The van der Waals surface area contributed by atoms with Crippen molar-refractivity contribution in [2.24, 2.45) is 5.10 Å². The molecule has 0 saturated carbocycles. The second-order valence-electron chi connectivity index (χ2n) is 4.50. The Balaban J connectivity index is 1.81. The highest BCUT2D eigenvalue weighted by molar-refractivity contribution is 6.35. The topological polar surface area (TPSA) is 63.8 Å². The second-order valence-corrected chi connectivity index (χ2v) is 5.34. The summed E-state index contributed by atoms with van der Waals surface area (Å²) in [5.41, 5.74) is 3.00. The van der Waals surface area contributed by atoms with E-state index in [4.69, 9.17) is 32.4 Å². The molecular weight excluding hydrogens is 339 g/mol. The van der Waals surface area contributed by atoms with Gasteiger partial charge in [0.2, 0.25) is 0 Å². The van der Waals surface area contributed by atoms with Crippen LogP contribution in [0, 0.1) is 0 Å². The predicted octanol–water partition coefficient (Wildman–Crippen LogP) is 4.17. The summed E-state index contributed by atoms with van der Waals surface area (Å²) < 4.78 is 10.4. The van der Waals surface area contributed by atoms with Crippen molar-refractivity contribution >= 4 is 40.9 Å². The van der Waals surface area contributed by atoms with Gasteiger partial charge in [0.25, 0.3) is 5.91 Å². The zero-order valence-electron chi connectivity index (χ0n) is 12.3. The van der Waals surface area contributed by atoms with Gasteiger partial charge in [0.05, 0.1) is 17.0 Å². The fraction of sp³-hybridized carbons (Fsp3) is 0.125. The number of nitrogens with one attached hydrogen (secondary N) is 1. The number of amides is 1. The number of carbonyl (C=O) groups excluding carboxylic acids is 1. The van der Waals surface area contributed by atoms with Gasteiger partial charge in [-0.05, 0) is 49.4 Å². The third-order valence-corrected chi connectivity index (χ3v) is 3.17. The number of halogens is 2. The monoisotopic (exact) mass is 352 g/mol. The standard InChI is InChI=1S/C16H14Cl2N2O3/c1-11(4-6-13-3-2-8-22-13)19-20-16(21)10-23-15-7-5-12(17)9-14(15)18/h2-9H,10H2,1H3,(H,20,21)/b6-4+,19-11-. The molecule has 5 nitrogen and oxygen atoms in total. The number of allylic oxidation sites excluding steroid dienone is 1. The van der Waals surface area contributed by atoms with Crippen LogP contribution >= 0.6 is 23.2 Å². The number of benzene rings is 1. The van der Waals surface area contributed by atoms with Gasteiger partial charge in [-0.1, -0.05) is 23.2 Å². The van der Waals surface area contributed by atoms with Crippen molar-refractivity contribution in [2.45, 2.75) is 6.92 Å². The van der Waals surface area contributed by atoms with Crippen molar-refractivity contribution in [1.29, 1.82) is 0 Å². The number of hydrazone groups is 1. The van der Waals surface area contributed by atoms with Gasteiger partial charge in [-0.2, -0.15) is 5.10 Å². The van der Waals surface area contributed by atoms with Crippen molar-refractivity contribution in [2.75, 3.05) is 6.61 Å². The minimum Gasteiger partial charge on any atom is -0.482 e. The van der Waals surface area contributed by atoms with Gasteiger partial charge in [-0.3, -0.25) is 4.79 Å². The summed E-state index contributed by atoms with van der Waals surface area (Å²) in [6, 6.07) is 8.36. The van der Waals surface area contributed by atoms with Gasteiger partial charge >= 0.3 is 0 Å². The van der Waals surface area contributed by atoms with Crippen LogP contribution in [-0.4, -0.2) is 18.2 Å². The minimum absolute atomic E-state index is 0.208. The highest BCUT2D eigenvalue weighted by Crippen LogP contribution is 2.27. The molecule has 0 aliphatic heterocycles. The molecule has 0 aliphatic carbocycles. The lowest BCUT2D eigenvalue weighted by molar-refractivity contribution is -0.123. The average Bonchev–Trinajstić information content (AvgIpc) is 3.03. The highest BCUT2D eigenvalue weighted by atomic mass is 35.5. The summed E-state index contributed by atoms with van der Waals surface area (Å²) in [6.07, 6.45) is 5.04. The van der Waals surface area contributed by atoms with E-state index in [1.807, 2.05) is 6.07 Å². The third-order valence-electron chi connectivity index (χ3n) is 2.64. The summed E-state index contributed by atoms with van der Waals surface area (Å²) in [5.74, 6) is 0.679. The van der Waals surface area contributed by atoms with E-state index in [2.05, 4.69) is 10.5 Å². The maximum Gasteiger partial charge on any atom is 0.277 e. The SMILES string of the molecule is CC(/C=C/c1ccco1)=N/NC(=O)COc1ccc(Cl)cc1Cl. The Morgan fingerprint density at radius 2 is 2.22 bits per heavy atom. The smallest absolute Gasteiger partial charge is 0.277 e. The fourth-order valence-electron chi connectivity index (χ4n) is 1.54. The first kappa shape index (κ1) is 17.1. The Kier molecular flexibility index (Phi) is 6.26. The molecule has 1 aromatic carbocycles. The van der Waals surface area contributed by atoms with Gasteiger partial charge < -0.3 is 9.15 Å². The molecule has 120 valence electrons. The maximum atomic E-state index is 11.7. The zero-order chi connectivity index (χ0) is 16.7. The largest absolute Gasteiger partial charge is 0.482 e. The van der Waals surface area contributed by atoms with Gasteiger partial charge in [0.15, 0.2) is 6.61 Å². The molecule has 1 N–H and O–H groups in total. The number of hydrogen-bond acceptors (Lipinski definition) is 4. The zero-order valence-corrected chi connectivity index (χ0v) is 13.8. The second kappa shape index (κ2) is 8.41. The van der Waals surface area contributed by atoms with E-state index in [-0.39, 0.29) is 6.61 Å². The van der Waals surface area contributed by atoms with E-state index >= 15 is 0 Å². The van der Waals surface area contributed by atoms with Crippen molar-refractivity contribution in [3.63, 3.8) is 0 Å². The van der Waals surface area contributed by atoms with E-state index in [0.29, 0.717) is 27.3 Å². The van der Waals surface area contributed by atoms with Crippen molar-refractivity contribution in [3.8, 4) is 5.75 Å². The Labute approximate surface area is 143 Å². The van der Waals surface area contributed by atoms with E-state index in [1.165, 1.54) is 6.07 Å². The fourth-order valence-corrected chi connectivity index (χ4v) is 2.01. The van der Waals surface area contributed by atoms with Crippen LogP contribution in [0.15, 0.2) is 52.2 Å². The number of hydrogen-bond donors (Lipinski definition) is 1. The van der Waals surface area contributed by atoms with Crippen LogP contribution in [0.1, 0.15) is 12.7 Å².